The molecule has 0 amide bonds. The van der Waals surface area contributed by atoms with Gasteiger partial charge in [-0.1, -0.05) is 61.3 Å². The van der Waals surface area contributed by atoms with E-state index in [4.69, 9.17) is 0 Å². The maximum atomic E-state index is 3.13. The molecule has 0 bridgehead atoms. The van der Waals surface area contributed by atoms with Gasteiger partial charge in [0.2, 0.25) is 0 Å². The second kappa shape index (κ2) is 7.08. The van der Waals surface area contributed by atoms with E-state index in [-0.39, 0.29) is 8.80 Å². The molecule has 16 heavy (non-hydrogen) atoms. The summed E-state index contributed by atoms with van der Waals surface area (Å²) in [4.78, 5) is 0. The van der Waals surface area contributed by atoms with Crippen molar-refractivity contribution >= 4 is 20.1 Å². The van der Waals surface area contributed by atoms with Crippen LogP contribution in [0.15, 0.2) is 30.3 Å². The molecular formula is C15H19Si. The SMILES string of the molecule is CCCC#C/C=C/c1ccccc1[Si](C)C. The van der Waals surface area contributed by atoms with Crippen molar-refractivity contribution in [2.75, 3.05) is 0 Å². The van der Waals surface area contributed by atoms with Crippen molar-refractivity contribution in [1.29, 1.82) is 0 Å². The van der Waals surface area contributed by atoms with Gasteiger partial charge in [-0.2, -0.15) is 0 Å². The molecule has 1 radical (unpaired) electrons. The van der Waals surface area contributed by atoms with Crippen LogP contribution in [0.25, 0.3) is 6.08 Å². The summed E-state index contributed by atoms with van der Waals surface area (Å²) in [7, 11) is -0.388. The minimum Gasteiger partial charge on any atom is -0.0985 e. The first-order valence-corrected chi connectivity index (χ1v) is 8.30. The van der Waals surface area contributed by atoms with Crippen molar-refractivity contribution < 1.29 is 0 Å². The molecule has 83 valence electrons. The normalized spacial score (nSPS) is 10.5. The molecule has 0 fully saturated rings. The zero-order valence-corrected chi connectivity index (χ0v) is 11.4. The highest BCUT2D eigenvalue weighted by atomic mass is 28.3. The third-order valence-electron chi connectivity index (χ3n) is 2.32. The molecule has 0 nitrogen and oxygen atoms in total. The van der Waals surface area contributed by atoms with Gasteiger partial charge in [0.15, 0.2) is 0 Å². The highest BCUT2D eigenvalue weighted by molar-refractivity contribution is 6.71. The van der Waals surface area contributed by atoms with E-state index in [9.17, 15) is 0 Å². The predicted octanol–water partition coefficient (Wildman–Crippen LogP) is 3.46. The molecule has 0 aliphatic rings. The second-order valence-electron chi connectivity index (χ2n) is 3.99. The van der Waals surface area contributed by atoms with Gasteiger partial charge in [-0.25, -0.2) is 0 Å². The summed E-state index contributed by atoms with van der Waals surface area (Å²) in [6.07, 6.45) is 6.23. The summed E-state index contributed by atoms with van der Waals surface area (Å²) in [5, 5.41) is 1.49. The average molecular weight is 227 g/mol. The van der Waals surface area contributed by atoms with E-state index in [1.807, 2.05) is 6.08 Å². The maximum absolute atomic E-state index is 3.13. The van der Waals surface area contributed by atoms with Crippen LogP contribution in [0.3, 0.4) is 0 Å². The van der Waals surface area contributed by atoms with Crippen LogP contribution in [0.5, 0.6) is 0 Å². The molecule has 0 spiro atoms. The minimum absolute atomic E-state index is 0.388. The Labute approximate surface area is 101 Å². The molecule has 0 heterocycles. The van der Waals surface area contributed by atoms with Crippen LogP contribution in [0.4, 0.5) is 0 Å². The largest absolute Gasteiger partial charge is 0.0985 e. The zero-order chi connectivity index (χ0) is 11.8. The predicted molar refractivity (Wildman–Crippen MR) is 75.3 cm³/mol. The Morgan fingerprint density at radius 2 is 2.00 bits per heavy atom. The molecule has 1 aromatic rings. The molecular weight excluding hydrogens is 208 g/mol. The van der Waals surface area contributed by atoms with Crippen molar-refractivity contribution in [2.45, 2.75) is 32.9 Å². The Morgan fingerprint density at radius 3 is 2.69 bits per heavy atom. The van der Waals surface area contributed by atoms with E-state index < -0.39 is 0 Å². The van der Waals surface area contributed by atoms with Crippen LogP contribution in [-0.4, -0.2) is 8.80 Å². The lowest BCUT2D eigenvalue weighted by atomic mass is 10.2. The summed E-state index contributed by atoms with van der Waals surface area (Å²) in [5.74, 6) is 6.21. The van der Waals surface area contributed by atoms with E-state index in [2.05, 4.69) is 62.2 Å². The molecule has 0 unspecified atom stereocenters. The van der Waals surface area contributed by atoms with Gasteiger partial charge in [-0.05, 0) is 24.1 Å². The van der Waals surface area contributed by atoms with Crippen LogP contribution in [0.2, 0.25) is 13.1 Å². The van der Waals surface area contributed by atoms with Gasteiger partial charge in [0.05, 0.1) is 8.80 Å². The number of rotatable bonds is 3. The average Bonchev–Trinajstić information content (AvgIpc) is 2.29. The van der Waals surface area contributed by atoms with Crippen molar-refractivity contribution in [3.63, 3.8) is 0 Å². The minimum atomic E-state index is -0.388. The van der Waals surface area contributed by atoms with Crippen LogP contribution in [0.1, 0.15) is 25.3 Å². The second-order valence-corrected chi connectivity index (χ2v) is 6.53. The van der Waals surface area contributed by atoms with Crippen LogP contribution in [-0.2, 0) is 0 Å². The first-order chi connectivity index (χ1) is 7.75. The van der Waals surface area contributed by atoms with E-state index in [1.165, 1.54) is 10.8 Å². The molecule has 1 aromatic carbocycles. The van der Waals surface area contributed by atoms with Gasteiger partial charge in [-0.3, -0.25) is 0 Å². The quantitative estimate of drug-likeness (QED) is 0.548. The lowest BCUT2D eigenvalue weighted by molar-refractivity contribution is 0.983. The number of benzene rings is 1. The molecule has 1 heteroatoms. The van der Waals surface area contributed by atoms with Gasteiger partial charge < -0.3 is 0 Å². The van der Waals surface area contributed by atoms with Gasteiger partial charge in [0.25, 0.3) is 0 Å². The molecule has 0 aliphatic heterocycles. The number of hydrogen-bond acceptors (Lipinski definition) is 0. The van der Waals surface area contributed by atoms with Gasteiger partial charge in [-0.15, -0.1) is 0 Å². The van der Waals surface area contributed by atoms with Gasteiger partial charge >= 0.3 is 0 Å². The number of hydrogen-bond donors (Lipinski definition) is 0. The third-order valence-corrected chi connectivity index (χ3v) is 3.86. The van der Waals surface area contributed by atoms with E-state index >= 15 is 0 Å². The fourth-order valence-corrected chi connectivity index (χ4v) is 2.66. The lowest BCUT2D eigenvalue weighted by Crippen LogP contribution is -2.24. The highest BCUT2D eigenvalue weighted by Gasteiger charge is 2.03. The van der Waals surface area contributed by atoms with Crippen LogP contribution in [0, 0.1) is 11.8 Å². The standard InChI is InChI=1S/C15H19Si/c1-4-5-6-7-8-11-14-12-9-10-13-15(14)16(2)3/h8-13H,4-5H2,1-3H3/b11-8+. The Balaban J connectivity index is 2.78. The maximum Gasteiger partial charge on any atom is 0.0799 e. The van der Waals surface area contributed by atoms with Crippen molar-refractivity contribution in [3.8, 4) is 11.8 Å². The van der Waals surface area contributed by atoms with Gasteiger partial charge in [0, 0.05) is 6.42 Å². The smallest absolute Gasteiger partial charge is 0.0799 e. The van der Waals surface area contributed by atoms with Gasteiger partial charge in [0.1, 0.15) is 0 Å². The Kier molecular flexibility index (Phi) is 5.67. The summed E-state index contributed by atoms with van der Waals surface area (Å²) >= 11 is 0. The topological polar surface area (TPSA) is 0 Å². The summed E-state index contributed by atoms with van der Waals surface area (Å²) in [5.41, 5.74) is 1.33. The first kappa shape index (κ1) is 12.8. The Morgan fingerprint density at radius 1 is 1.25 bits per heavy atom. The molecule has 0 atom stereocenters. The number of unbranched alkanes of at least 4 members (excludes halogenated alkanes) is 1. The Hall–Kier alpha value is -1.26. The molecule has 0 N–H and O–H groups in total. The highest BCUT2D eigenvalue weighted by Crippen LogP contribution is 2.01. The first-order valence-electron chi connectivity index (χ1n) is 5.80. The van der Waals surface area contributed by atoms with E-state index in [1.54, 1.807) is 0 Å². The number of allylic oxidation sites excluding steroid dienone is 1. The molecule has 0 saturated heterocycles. The van der Waals surface area contributed by atoms with Crippen molar-refractivity contribution in [2.24, 2.45) is 0 Å². The van der Waals surface area contributed by atoms with Crippen LogP contribution >= 0.6 is 0 Å². The lowest BCUT2D eigenvalue weighted by Gasteiger charge is -2.06. The molecule has 1 rings (SSSR count). The van der Waals surface area contributed by atoms with E-state index in [0.29, 0.717) is 0 Å². The van der Waals surface area contributed by atoms with E-state index in [0.717, 1.165) is 12.8 Å². The summed E-state index contributed by atoms with van der Waals surface area (Å²) < 4.78 is 0. The fraction of sp³-hybridized carbons (Fsp3) is 0.333. The monoisotopic (exact) mass is 227 g/mol. The van der Waals surface area contributed by atoms with Crippen LogP contribution < -0.4 is 5.19 Å². The molecule has 0 aromatic heterocycles. The molecule has 0 aliphatic carbocycles. The zero-order valence-electron chi connectivity index (χ0n) is 10.4. The summed E-state index contributed by atoms with van der Waals surface area (Å²) in [6, 6.07) is 8.61. The van der Waals surface area contributed by atoms with Crippen molar-refractivity contribution in [1.82, 2.24) is 0 Å². The van der Waals surface area contributed by atoms with Crippen molar-refractivity contribution in [3.05, 3.63) is 35.9 Å². The third kappa shape index (κ3) is 4.08. The summed E-state index contributed by atoms with van der Waals surface area (Å²) in [6.45, 7) is 6.79. The Bertz CT molecular complexity index is 405. The fourth-order valence-electron chi connectivity index (χ4n) is 1.49. The molecule has 0 saturated carbocycles.